The van der Waals surface area contributed by atoms with Crippen LogP contribution in [0.25, 0.3) is 0 Å². The SMILES string of the molecule is O=C(Cl)c1ccc(C(F)(F)C(F)(F)C(F)(F)C(F)(F)C(F)(F)C(F)(F)c2ccc(C(=O)Cl)cc2)cc1. The summed E-state index contributed by atoms with van der Waals surface area (Å²) in [5, 5.41) is -2.64. The van der Waals surface area contributed by atoms with Gasteiger partial charge in [-0.2, -0.15) is 52.7 Å². The number of halogens is 14. The van der Waals surface area contributed by atoms with E-state index in [-0.39, 0.29) is 24.3 Å². The van der Waals surface area contributed by atoms with E-state index in [1.807, 2.05) is 0 Å². The van der Waals surface area contributed by atoms with Gasteiger partial charge in [-0.25, -0.2) is 0 Å². The molecule has 0 saturated carbocycles. The van der Waals surface area contributed by atoms with Crippen LogP contribution in [-0.2, 0) is 11.8 Å². The van der Waals surface area contributed by atoms with Crippen molar-refractivity contribution in [1.29, 1.82) is 0 Å². The Morgan fingerprint density at radius 3 is 0.861 bits per heavy atom. The molecule has 36 heavy (non-hydrogen) atoms. The van der Waals surface area contributed by atoms with Gasteiger partial charge in [-0.3, -0.25) is 9.59 Å². The molecule has 0 N–H and O–H groups in total. The van der Waals surface area contributed by atoms with Crippen molar-refractivity contribution in [3.05, 3.63) is 70.8 Å². The molecular formula is C20H8Cl2F12O2. The lowest BCUT2D eigenvalue weighted by Crippen LogP contribution is -2.69. The lowest BCUT2D eigenvalue weighted by atomic mass is 9.87. The van der Waals surface area contributed by atoms with E-state index in [0.29, 0.717) is 24.3 Å². The highest BCUT2D eigenvalue weighted by Crippen LogP contribution is 2.63. The van der Waals surface area contributed by atoms with Gasteiger partial charge < -0.3 is 0 Å². The monoisotopic (exact) mass is 578 g/mol. The Kier molecular flexibility index (Phi) is 7.54. The van der Waals surface area contributed by atoms with Crippen molar-refractivity contribution < 1.29 is 62.3 Å². The Morgan fingerprint density at radius 2 is 0.667 bits per heavy atom. The second-order valence-electron chi connectivity index (χ2n) is 7.15. The predicted molar refractivity (Wildman–Crippen MR) is 101 cm³/mol. The summed E-state index contributed by atoms with van der Waals surface area (Å²) in [7, 11) is 0. The first kappa shape index (κ1) is 29.7. The Morgan fingerprint density at radius 1 is 0.444 bits per heavy atom. The van der Waals surface area contributed by atoms with Crippen LogP contribution in [0, 0.1) is 0 Å². The molecular weight excluding hydrogens is 571 g/mol. The molecule has 198 valence electrons. The zero-order valence-corrected chi connectivity index (χ0v) is 18.2. The minimum absolute atomic E-state index is 0.107. The van der Waals surface area contributed by atoms with E-state index in [1.165, 1.54) is 0 Å². The number of rotatable bonds is 9. The van der Waals surface area contributed by atoms with Crippen LogP contribution in [0.15, 0.2) is 48.5 Å². The van der Waals surface area contributed by atoms with Crippen molar-refractivity contribution in [3.63, 3.8) is 0 Å². The van der Waals surface area contributed by atoms with Crippen LogP contribution in [0.5, 0.6) is 0 Å². The third-order valence-electron chi connectivity index (χ3n) is 4.92. The summed E-state index contributed by atoms with van der Waals surface area (Å²) in [6, 6.07) is 0.806. The van der Waals surface area contributed by atoms with Gasteiger partial charge in [0.1, 0.15) is 0 Å². The Balaban J connectivity index is 2.58. The molecule has 0 unspecified atom stereocenters. The first-order valence-electron chi connectivity index (χ1n) is 8.95. The molecule has 2 rings (SSSR count). The molecule has 0 aliphatic heterocycles. The van der Waals surface area contributed by atoms with Gasteiger partial charge >= 0.3 is 35.5 Å². The Labute approximate surface area is 202 Å². The number of benzene rings is 2. The van der Waals surface area contributed by atoms with Crippen LogP contribution < -0.4 is 0 Å². The normalized spacial score (nSPS) is 14.1. The number of hydrogen-bond acceptors (Lipinski definition) is 2. The fraction of sp³-hybridized carbons (Fsp3) is 0.300. The number of carbonyl (C=O) groups excluding carboxylic acids is 2. The first-order chi connectivity index (χ1) is 16.1. The second kappa shape index (κ2) is 9.12. The van der Waals surface area contributed by atoms with E-state index >= 15 is 0 Å². The molecule has 2 nitrogen and oxygen atoms in total. The van der Waals surface area contributed by atoms with Crippen molar-refractivity contribution >= 4 is 33.7 Å². The fourth-order valence-corrected chi connectivity index (χ4v) is 3.02. The number of carbonyl (C=O) groups is 2. The van der Waals surface area contributed by atoms with Crippen molar-refractivity contribution in [2.45, 2.75) is 35.5 Å². The van der Waals surface area contributed by atoms with E-state index in [2.05, 4.69) is 0 Å². The van der Waals surface area contributed by atoms with Crippen LogP contribution in [0.2, 0.25) is 0 Å². The highest BCUT2D eigenvalue weighted by Gasteiger charge is 2.90. The van der Waals surface area contributed by atoms with Crippen molar-refractivity contribution in [2.24, 2.45) is 0 Å². The molecule has 0 radical (unpaired) electrons. The molecule has 0 spiro atoms. The van der Waals surface area contributed by atoms with Crippen molar-refractivity contribution in [3.8, 4) is 0 Å². The second-order valence-corrected chi connectivity index (χ2v) is 7.84. The third kappa shape index (κ3) is 4.31. The van der Waals surface area contributed by atoms with Gasteiger partial charge in [0.25, 0.3) is 10.5 Å². The van der Waals surface area contributed by atoms with Crippen LogP contribution >= 0.6 is 23.2 Å². The maximum Gasteiger partial charge on any atom is 0.385 e. The summed E-state index contributed by atoms with van der Waals surface area (Å²) in [4.78, 5) is 21.8. The van der Waals surface area contributed by atoms with Crippen molar-refractivity contribution in [1.82, 2.24) is 0 Å². The molecule has 0 fully saturated rings. The molecule has 2 aromatic carbocycles. The average molecular weight is 579 g/mol. The standard InChI is InChI=1S/C20H8Cl2F12O2/c21-13(35)9-1-5-11(6-2-9)15(23,24)17(27,28)19(31,32)20(33,34)18(29,30)16(25,26)12-7-3-10(4-8-12)14(22)36/h1-8H. The van der Waals surface area contributed by atoms with Gasteiger partial charge in [-0.05, 0) is 47.5 Å². The molecule has 0 bridgehead atoms. The molecule has 0 atom stereocenters. The lowest BCUT2D eigenvalue weighted by Gasteiger charge is -2.41. The summed E-state index contributed by atoms with van der Waals surface area (Å²) in [6.07, 6.45) is 0. The Hall–Kier alpha value is -2.48. The van der Waals surface area contributed by atoms with E-state index in [0.717, 1.165) is 0 Å². The molecule has 0 heterocycles. The zero-order valence-electron chi connectivity index (χ0n) is 16.7. The minimum atomic E-state index is -7.79. The van der Waals surface area contributed by atoms with E-state index in [1.54, 1.807) is 0 Å². The van der Waals surface area contributed by atoms with Crippen LogP contribution in [0.1, 0.15) is 31.8 Å². The smallest absolute Gasteiger partial charge is 0.276 e. The fourth-order valence-electron chi connectivity index (χ4n) is 2.77. The molecule has 0 amide bonds. The summed E-state index contributed by atoms with van der Waals surface area (Å²) < 4.78 is 170. The predicted octanol–water partition coefficient (Wildman–Crippen LogP) is 7.87. The summed E-state index contributed by atoms with van der Waals surface area (Å²) in [5.41, 5.74) is -5.54. The van der Waals surface area contributed by atoms with Gasteiger partial charge in [0, 0.05) is 22.3 Å². The van der Waals surface area contributed by atoms with Gasteiger partial charge in [0.05, 0.1) is 0 Å². The molecule has 2 aromatic rings. The van der Waals surface area contributed by atoms with Gasteiger partial charge in [-0.15, -0.1) is 0 Å². The maximum atomic E-state index is 14.3. The molecule has 0 aromatic heterocycles. The average Bonchev–Trinajstić information content (AvgIpc) is 2.78. The third-order valence-corrected chi connectivity index (χ3v) is 5.36. The summed E-state index contributed by atoms with van der Waals surface area (Å²) >= 11 is 9.98. The molecule has 0 aliphatic rings. The largest absolute Gasteiger partial charge is 0.385 e. The highest BCUT2D eigenvalue weighted by atomic mass is 35.5. The van der Waals surface area contributed by atoms with E-state index < -0.39 is 68.3 Å². The first-order valence-corrected chi connectivity index (χ1v) is 9.70. The molecule has 16 heteroatoms. The number of alkyl halides is 12. The summed E-state index contributed by atoms with van der Waals surface area (Å²) in [5.74, 6) is -43.0. The van der Waals surface area contributed by atoms with E-state index in [4.69, 9.17) is 23.2 Å². The minimum Gasteiger partial charge on any atom is -0.276 e. The van der Waals surface area contributed by atoms with Crippen molar-refractivity contribution in [2.75, 3.05) is 0 Å². The Bertz CT molecular complexity index is 1050. The lowest BCUT2D eigenvalue weighted by molar-refractivity contribution is -0.429. The topological polar surface area (TPSA) is 34.1 Å². The molecule has 0 saturated heterocycles. The van der Waals surface area contributed by atoms with E-state index in [9.17, 15) is 62.3 Å². The van der Waals surface area contributed by atoms with Gasteiger partial charge in [-0.1, -0.05) is 24.3 Å². The zero-order chi connectivity index (χ0) is 28.1. The maximum absolute atomic E-state index is 14.3. The van der Waals surface area contributed by atoms with Crippen LogP contribution in [0.3, 0.4) is 0 Å². The molecule has 0 aliphatic carbocycles. The van der Waals surface area contributed by atoms with Crippen LogP contribution in [0.4, 0.5) is 52.7 Å². The number of hydrogen-bond donors (Lipinski definition) is 0. The van der Waals surface area contributed by atoms with Crippen LogP contribution in [-0.4, -0.2) is 34.2 Å². The quantitative estimate of drug-likeness (QED) is 0.224. The highest BCUT2D eigenvalue weighted by molar-refractivity contribution is 6.68. The van der Waals surface area contributed by atoms with Gasteiger partial charge in [0.15, 0.2) is 0 Å². The summed E-state index contributed by atoms with van der Waals surface area (Å²) in [6.45, 7) is 0. The van der Waals surface area contributed by atoms with Gasteiger partial charge in [0.2, 0.25) is 0 Å².